The second-order valence-electron chi connectivity index (χ2n) is 7.14. The van der Waals surface area contributed by atoms with Crippen molar-refractivity contribution >= 4 is 27.5 Å². The van der Waals surface area contributed by atoms with Crippen molar-refractivity contribution in [1.29, 1.82) is 5.26 Å². The van der Waals surface area contributed by atoms with E-state index < -0.39 is 15.6 Å². The molecule has 1 fully saturated rings. The van der Waals surface area contributed by atoms with E-state index >= 15 is 0 Å². The highest BCUT2D eigenvalue weighted by Gasteiger charge is 2.52. The van der Waals surface area contributed by atoms with Gasteiger partial charge in [0.15, 0.2) is 0 Å². The Kier molecular flexibility index (Phi) is 4.23. The molecule has 4 rings (SSSR count). The van der Waals surface area contributed by atoms with Crippen LogP contribution in [-0.2, 0) is 15.6 Å². The summed E-state index contributed by atoms with van der Waals surface area (Å²) in [6.07, 6.45) is 1.63. The number of nitrogens with zero attached hydrogens (tertiary/aromatic N) is 4. The molecule has 1 aromatic carbocycles. The number of carbonyl (C=O) groups excluding carboxylic acids is 1. The number of hydrogen-bond donors (Lipinski definition) is 0. The van der Waals surface area contributed by atoms with Crippen LogP contribution in [0, 0.1) is 18.3 Å². The highest BCUT2D eigenvalue weighted by atomic mass is 35.5. The molecule has 0 bridgehead atoms. The van der Waals surface area contributed by atoms with E-state index in [-0.39, 0.29) is 41.0 Å². The van der Waals surface area contributed by atoms with Crippen LogP contribution in [0.25, 0.3) is 0 Å². The fourth-order valence-corrected chi connectivity index (χ4v) is 6.01. The number of benzene rings is 1. The molecule has 1 saturated heterocycles. The Morgan fingerprint density at radius 2 is 2.04 bits per heavy atom. The fourth-order valence-electron chi connectivity index (χ4n) is 4.09. The van der Waals surface area contributed by atoms with Crippen molar-refractivity contribution in [3.8, 4) is 6.07 Å². The lowest BCUT2D eigenvalue weighted by Gasteiger charge is -2.44. The summed E-state index contributed by atoms with van der Waals surface area (Å²) in [5, 5.41) is 9.57. The molecular formula is C19H17ClN4O3S. The van der Waals surface area contributed by atoms with Gasteiger partial charge in [0.05, 0.1) is 22.4 Å². The number of rotatable bonds is 2. The highest BCUT2D eigenvalue weighted by molar-refractivity contribution is 7.89. The number of aryl methyl sites for hydroxylation is 1. The Morgan fingerprint density at radius 1 is 1.29 bits per heavy atom. The normalized spacial score (nSPS) is 21.9. The number of aromatic nitrogens is 1. The average molecular weight is 417 g/mol. The van der Waals surface area contributed by atoms with E-state index in [1.807, 2.05) is 13.0 Å². The van der Waals surface area contributed by atoms with Gasteiger partial charge in [-0.05, 0) is 43.7 Å². The lowest BCUT2D eigenvalue weighted by molar-refractivity contribution is 0.0376. The number of piperazine rings is 1. The Morgan fingerprint density at radius 3 is 2.75 bits per heavy atom. The van der Waals surface area contributed by atoms with Gasteiger partial charge in [-0.2, -0.15) is 9.57 Å². The van der Waals surface area contributed by atoms with Gasteiger partial charge in [0.1, 0.15) is 11.0 Å². The van der Waals surface area contributed by atoms with E-state index in [0.717, 1.165) is 5.56 Å². The van der Waals surface area contributed by atoms with Gasteiger partial charge >= 0.3 is 0 Å². The molecule has 0 aliphatic carbocycles. The first-order chi connectivity index (χ1) is 13.2. The fraction of sp³-hybridized carbons (Fsp3) is 0.316. The number of halogens is 1. The van der Waals surface area contributed by atoms with Gasteiger partial charge in [-0.3, -0.25) is 9.78 Å². The summed E-state index contributed by atoms with van der Waals surface area (Å²) >= 11 is 5.99. The lowest BCUT2D eigenvalue weighted by Crippen LogP contribution is -2.58. The van der Waals surface area contributed by atoms with Gasteiger partial charge in [0, 0.05) is 30.9 Å². The number of fused-ring (bicyclic) bond motifs is 3. The summed E-state index contributed by atoms with van der Waals surface area (Å²) in [6.45, 7) is 4.13. The number of pyridine rings is 1. The van der Waals surface area contributed by atoms with Crippen molar-refractivity contribution in [3.63, 3.8) is 0 Å². The molecule has 144 valence electrons. The first kappa shape index (κ1) is 18.9. The molecule has 7 nitrogen and oxygen atoms in total. The highest BCUT2D eigenvalue weighted by Crippen LogP contribution is 2.43. The number of hydrogen-bond acceptors (Lipinski definition) is 5. The molecule has 1 amide bonds. The van der Waals surface area contributed by atoms with E-state index in [1.165, 1.54) is 22.5 Å². The standard InChI is InChI=1S/C19H17ClN4O3S/c1-12-17-15(5-6-22-12)19(2)11-23(7-8-24(19)18(17)25)28(26,27)16-9-14(20)4-3-13(16)10-21/h3-6,9H,7-8,11H2,1-2H3. The van der Waals surface area contributed by atoms with E-state index in [0.29, 0.717) is 11.3 Å². The molecule has 2 aliphatic heterocycles. The first-order valence-electron chi connectivity index (χ1n) is 8.68. The van der Waals surface area contributed by atoms with Crippen molar-refractivity contribution in [1.82, 2.24) is 14.2 Å². The van der Waals surface area contributed by atoms with Crippen molar-refractivity contribution in [2.75, 3.05) is 19.6 Å². The van der Waals surface area contributed by atoms with E-state index in [4.69, 9.17) is 11.6 Å². The van der Waals surface area contributed by atoms with Crippen molar-refractivity contribution in [3.05, 3.63) is 57.9 Å². The molecule has 2 aliphatic rings. The van der Waals surface area contributed by atoms with Gasteiger partial charge in [-0.25, -0.2) is 8.42 Å². The van der Waals surface area contributed by atoms with Gasteiger partial charge in [-0.15, -0.1) is 0 Å². The third-order valence-corrected chi connectivity index (χ3v) is 7.63. The number of carbonyl (C=O) groups is 1. The Labute approximate surface area is 168 Å². The van der Waals surface area contributed by atoms with Crippen LogP contribution in [0.5, 0.6) is 0 Å². The maximum atomic E-state index is 13.3. The SMILES string of the molecule is Cc1nccc2c1C(=O)N1CCN(S(=O)(=O)c3cc(Cl)ccc3C#N)CC21C. The molecule has 1 unspecified atom stereocenters. The van der Waals surface area contributed by atoms with Crippen LogP contribution in [0.1, 0.15) is 34.1 Å². The molecule has 1 atom stereocenters. The molecule has 0 radical (unpaired) electrons. The summed E-state index contributed by atoms with van der Waals surface area (Å²) in [5.74, 6) is -0.124. The number of amides is 1. The Bertz CT molecular complexity index is 1160. The predicted molar refractivity (Wildman–Crippen MR) is 102 cm³/mol. The second-order valence-corrected chi connectivity index (χ2v) is 9.48. The molecule has 0 N–H and O–H groups in total. The lowest BCUT2D eigenvalue weighted by atomic mass is 9.90. The summed E-state index contributed by atoms with van der Waals surface area (Å²) in [6, 6.07) is 7.87. The summed E-state index contributed by atoms with van der Waals surface area (Å²) in [7, 11) is -3.96. The molecule has 0 spiro atoms. The molecule has 9 heteroatoms. The van der Waals surface area contributed by atoms with Gasteiger partial charge in [-0.1, -0.05) is 11.6 Å². The van der Waals surface area contributed by atoms with E-state index in [2.05, 4.69) is 4.98 Å². The largest absolute Gasteiger partial charge is 0.326 e. The molecule has 1 aromatic heterocycles. The van der Waals surface area contributed by atoms with Crippen LogP contribution in [0.3, 0.4) is 0 Å². The summed E-state index contributed by atoms with van der Waals surface area (Å²) < 4.78 is 27.9. The van der Waals surface area contributed by atoms with Crippen molar-refractivity contribution in [2.24, 2.45) is 0 Å². The quantitative estimate of drug-likeness (QED) is 0.748. The van der Waals surface area contributed by atoms with Crippen molar-refractivity contribution < 1.29 is 13.2 Å². The predicted octanol–water partition coefficient (Wildman–Crippen LogP) is 2.29. The van der Waals surface area contributed by atoms with Crippen LogP contribution in [0.4, 0.5) is 0 Å². The summed E-state index contributed by atoms with van der Waals surface area (Å²) in [5.41, 5.74) is 1.20. The second kappa shape index (κ2) is 6.27. The zero-order chi connectivity index (χ0) is 20.3. The van der Waals surface area contributed by atoms with Gasteiger partial charge < -0.3 is 4.90 Å². The zero-order valence-electron chi connectivity index (χ0n) is 15.3. The molecular weight excluding hydrogens is 400 g/mol. The zero-order valence-corrected chi connectivity index (χ0v) is 16.9. The maximum Gasteiger partial charge on any atom is 0.256 e. The minimum atomic E-state index is -3.96. The molecule has 28 heavy (non-hydrogen) atoms. The van der Waals surface area contributed by atoms with Crippen molar-refractivity contribution in [2.45, 2.75) is 24.3 Å². The minimum Gasteiger partial charge on any atom is -0.326 e. The molecule has 2 aromatic rings. The molecule has 0 saturated carbocycles. The third-order valence-electron chi connectivity index (χ3n) is 5.51. The van der Waals surface area contributed by atoms with E-state index in [1.54, 1.807) is 24.1 Å². The monoisotopic (exact) mass is 416 g/mol. The van der Waals surface area contributed by atoms with Crippen LogP contribution in [0.15, 0.2) is 35.4 Å². The van der Waals surface area contributed by atoms with Gasteiger partial charge in [0.25, 0.3) is 5.91 Å². The average Bonchev–Trinajstić information content (AvgIpc) is 2.89. The van der Waals surface area contributed by atoms with Crippen LogP contribution < -0.4 is 0 Å². The third kappa shape index (κ3) is 2.54. The van der Waals surface area contributed by atoms with Gasteiger partial charge in [0.2, 0.25) is 10.0 Å². The topological polar surface area (TPSA) is 94.4 Å². The number of nitriles is 1. The molecule has 3 heterocycles. The summed E-state index contributed by atoms with van der Waals surface area (Å²) in [4.78, 5) is 18.7. The Hall–Kier alpha value is -2.47. The van der Waals surface area contributed by atoms with E-state index in [9.17, 15) is 18.5 Å². The maximum absolute atomic E-state index is 13.3. The minimum absolute atomic E-state index is 0.0416. The first-order valence-corrected chi connectivity index (χ1v) is 10.5. The van der Waals surface area contributed by atoms with Crippen LogP contribution in [-0.4, -0.2) is 48.1 Å². The smallest absolute Gasteiger partial charge is 0.256 e. The van der Waals surface area contributed by atoms with Crippen LogP contribution in [0.2, 0.25) is 5.02 Å². The Balaban J connectivity index is 1.79. The number of sulfonamides is 1. The van der Waals surface area contributed by atoms with Crippen LogP contribution >= 0.6 is 11.6 Å².